The molecular weight excluding hydrogens is 382 g/mol. The number of nitrogens with zero attached hydrogens (tertiary/aromatic N) is 1. The van der Waals surface area contributed by atoms with Crippen molar-refractivity contribution in [3.63, 3.8) is 0 Å². The van der Waals surface area contributed by atoms with E-state index in [4.69, 9.17) is 4.74 Å². The lowest BCUT2D eigenvalue weighted by Crippen LogP contribution is -2.28. The van der Waals surface area contributed by atoms with Gasteiger partial charge in [0.15, 0.2) is 6.61 Å². The van der Waals surface area contributed by atoms with Crippen molar-refractivity contribution in [1.29, 1.82) is 0 Å². The summed E-state index contributed by atoms with van der Waals surface area (Å²) in [5.74, 6) is 0.133. The smallest absolute Gasteiger partial charge is 0.269 e. The first-order valence-corrected chi connectivity index (χ1v) is 9.48. The maximum Gasteiger partial charge on any atom is 0.269 e. The Morgan fingerprint density at radius 2 is 1.79 bits per heavy atom. The molecule has 8 nitrogen and oxygen atoms in total. The van der Waals surface area contributed by atoms with Gasteiger partial charge < -0.3 is 15.4 Å². The molecule has 0 radical (unpaired) electrons. The first-order valence-electron chi connectivity index (χ1n) is 8.60. The average Bonchev–Trinajstić information content (AvgIpc) is 2.68. The van der Waals surface area contributed by atoms with Gasteiger partial charge in [0.05, 0.1) is 10.2 Å². The predicted molar refractivity (Wildman–Crippen MR) is 108 cm³/mol. The molecule has 2 aromatic rings. The fourth-order valence-electron chi connectivity index (χ4n) is 2.18. The van der Waals surface area contributed by atoms with Gasteiger partial charge >= 0.3 is 0 Å². The first kappa shape index (κ1) is 21.2. The number of nitro groups is 1. The second-order valence-corrected chi connectivity index (χ2v) is 7.18. The molecule has 0 heterocycles. The number of nitro benzene ring substituents is 1. The van der Waals surface area contributed by atoms with Gasteiger partial charge in [0.25, 0.3) is 11.6 Å². The maximum atomic E-state index is 12.3. The topological polar surface area (TPSA) is 111 Å². The Labute approximate surface area is 166 Å². The number of rotatable bonds is 9. The van der Waals surface area contributed by atoms with Crippen LogP contribution in [-0.4, -0.2) is 35.1 Å². The molecule has 0 aliphatic carbocycles. The molecule has 28 heavy (non-hydrogen) atoms. The lowest BCUT2D eigenvalue weighted by atomic mass is 10.3. The molecule has 0 bridgehead atoms. The van der Waals surface area contributed by atoms with Crippen LogP contribution in [0, 0.1) is 10.1 Å². The lowest BCUT2D eigenvalue weighted by molar-refractivity contribution is -0.384. The third-order valence-corrected chi connectivity index (χ3v) is 4.71. The van der Waals surface area contributed by atoms with E-state index in [1.54, 1.807) is 43.3 Å². The number of amides is 2. The lowest BCUT2D eigenvalue weighted by Gasteiger charge is -2.12. The molecule has 2 N–H and O–H groups in total. The minimum atomic E-state index is -0.464. The van der Waals surface area contributed by atoms with E-state index in [2.05, 4.69) is 10.6 Å². The molecule has 2 rings (SSSR count). The molecule has 1 atom stereocenters. The molecule has 0 aliphatic rings. The van der Waals surface area contributed by atoms with Crippen molar-refractivity contribution in [1.82, 2.24) is 5.32 Å². The number of non-ortho nitro benzene ring substituents is 1. The van der Waals surface area contributed by atoms with Crippen LogP contribution in [0.15, 0.2) is 53.4 Å². The van der Waals surface area contributed by atoms with E-state index < -0.39 is 10.2 Å². The molecule has 0 saturated carbocycles. The van der Waals surface area contributed by atoms with Crippen LogP contribution in [0.1, 0.15) is 13.8 Å². The highest BCUT2D eigenvalue weighted by Gasteiger charge is 2.15. The molecule has 0 aliphatic heterocycles. The standard InChI is InChI=1S/C19H21N3O5S/c1-3-20-18(23)12-27-16-8-4-14(5-9-16)21-19(24)13(2)28-17-10-6-15(7-11-17)22(25)26/h4-11,13H,3,12H2,1-2H3,(H,20,23)(H,21,24). The SMILES string of the molecule is CCNC(=O)COc1ccc(NC(=O)C(C)Sc2ccc([N+](=O)[O-])cc2)cc1. The van der Waals surface area contributed by atoms with Crippen LogP contribution >= 0.6 is 11.8 Å². The van der Waals surface area contributed by atoms with E-state index in [1.165, 1.54) is 23.9 Å². The Kier molecular flexibility index (Phi) is 7.82. The zero-order valence-corrected chi connectivity index (χ0v) is 16.3. The third-order valence-electron chi connectivity index (χ3n) is 3.60. The van der Waals surface area contributed by atoms with Crippen molar-refractivity contribution < 1.29 is 19.2 Å². The summed E-state index contributed by atoms with van der Waals surface area (Å²) in [5, 5.41) is 15.7. The predicted octanol–water partition coefficient (Wildman–Crippen LogP) is 3.23. The molecule has 2 amide bonds. The summed E-state index contributed by atoms with van der Waals surface area (Å²) in [4.78, 5) is 34.7. The maximum absolute atomic E-state index is 12.3. The summed E-state index contributed by atoms with van der Waals surface area (Å²) in [5.41, 5.74) is 0.613. The van der Waals surface area contributed by atoms with Gasteiger partial charge in [-0.15, -0.1) is 11.8 Å². The van der Waals surface area contributed by atoms with Gasteiger partial charge in [0, 0.05) is 29.3 Å². The zero-order chi connectivity index (χ0) is 20.5. The molecule has 9 heteroatoms. The van der Waals surface area contributed by atoms with Gasteiger partial charge in [-0.25, -0.2) is 0 Å². The van der Waals surface area contributed by atoms with E-state index in [9.17, 15) is 19.7 Å². The van der Waals surface area contributed by atoms with E-state index in [1.807, 2.05) is 6.92 Å². The number of nitrogens with one attached hydrogen (secondary N) is 2. The fraction of sp³-hybridized carbons (Fsp3) is 0.263. The van der Waals surface area contributed by atoms with Crippen LogP contribution in [0.25, 0.3) is 0 Å². The number of ether oxygens (including phenoxy) is 1. The summed E-state index contributed by atoms with van der Waals surface area (Å²) < 4.78 is 5.36. The van der Waals surface area contributed by atoms with Crippen molar-refractivity contribution in [2.24, 2.45) is 0 Å². The number of carbonyl (C=O) groups is 2. The van der Waals surface area contributed by atoms with Crippen molar-refractivity contribution in [3.8, 4) is 5.75 Å². The summed E-state index contributed by atoms with van der Waals surface area (Å²) in [6.45, 7) is 4.06. The largest absolute Gasteiger partial charge is 0.484 e. The highest BCUT2D eigenvalue weighted by molar-refractivity contribution is 8.00. The second kappa shape index (κ2) is 10.3. The number of hydrogen-bond donors (Lipinski definition) is 2. The van der Waals surface area contributed by atoms with Gasteiger partial charge in [0.2, 0.25) is 5.91 Å². The summed E-state index contributed by atoms with van der Waals surface area (Å²) in [6.07, 6.45) is 0. The number of hydrogen-bond acceptors (Lipinski definition) is 6. The Bertz CT molecular complexity index is 824. The molecule has 2 aromatic carbocycles. The van der Waals surface area contributed by atoms with E-state index in [0.29, 0.717) is 18.0 Å². The monoisotopic (exact) mass is 403 g/mol. The first-order chi connectivity index (χ1) is 13.4. The number of thioether (sulfide) groups is 1. The molecule has 0 fully saturated rings. The summed E-state index contributed by atoms with van der Waals surface area (Å²) in [6, 6.07) is 12.8. The van der Waals surface area contributed by atoms with E-state index in [0.717, 1.165) is 4.90 Å². The fourth-order valence-corrected chi connectivity index (χ4v) is 3.05. The van der Waals surface area contributed by atoms with Crippen LogP contribution < -0.4 is 15.4 Å². The summed E-state index contributed by atoms with van der Waals surface area (Å²) >= 11 is 1.31. The van der Waals surface area contributed by atoms with Gasteiger partial charge in [-0.2, -0.15) is 0 Å². The number of anilines is 1. The van der Waals surface area contributed by atoms with E-state index >= 15 is 0 Å². The Morgan fingerprint density at radius 1 is 1.14 bits per heavy atom. The van der Waals surface area contributed by atoms with Crippen molar-refractivity contribution in [3.05, 3.63) is 58.6 Å². The summed E-state index contributed by atoms with van der Waals surface area (Å²) in [7, 11) is 0. The third kappa shape index (κ3) is 6.58. The minimum Gasteiger partial charge on any atom is -0.484 e. The molecule has 0 saturated heterocycles. The van der Waals surface area contributed by atoms with Crippen molar-refractivity contribution in [2.45, 2.75) is 24.0 Å². The number of carbonyl (C=O) groups excluding carboxylic acids is 2. The van der Waals surface area contributed by atoms with Crippen LogP contribution in [0.5, 0.6) is 5.75 Å². The van der Waals surface area contributed by atoms with Gasteiger partial charge in [-0.1, -0.05) is 0 Å². The number of benzene rings is 2. The van der Waals surface area contributed by atoms with Crippen LogP contribution in [0.2, 0.25) is 0 Å². The quantitative estimate of drug-likeness (QED) is 0.378. The molecule has 0 spiro atoms. The highest BCUT2D eigenvalue weighted by Crippen LogP contribution is 2.26. The van der Waals surface area contributed by atoms with Crippen LogP contribution in [0.4, 0.5) is 11.4 Å². The van der Waals surface area contributed by atoms with Crippen molar-refractivity contribution in [2.75, 3.05) is 18.5 Å². The van der Waals surface area contributed by atoms with E-state index in [-0.39, 0.29) is 24.1 Å². The number of likely N-dealkylation sites (N-methyl/N-ethyl adjacent to an activating group) is 1. The highest BCUT2D eigenvalue weighted by atomic mass is 32.2. The van der Waals surface area contributed by atoms with Gasteiger partial charge in [0.1, 0.15) is 5.75 Å². The Morgan fingerprint density at radius 3 is 2.36 bits per heavy atom. The molecule has 1 unspecified atom stereocenters. The van der Waals surface area contributed by atoms with Crippen LogP contribution in [0.3, 0.4) is 0 Å². The van der Waals surface area contributed by atoms with Crippen molar-refractivity contribution >= 4 is 35.0 Å². The molecule has 148 valence electrons. The van der Waals surface area contributed by atoms with Gasteiger partial charge in [-0.3, -0.25) is 19.7 Å². The normalized spacial score (nSPS) is 11.4. The Hall–Kier alpha value is -3.07. The zero-order valence-electron chi connectivity index (χ0n) is 15.5. The Balaban J connectivity index is 1.85. The van der Waals surface area contributed by atoms with Crippen LogP contribution in [-0.2, 0) is 9.59 Å². The van der Waals surface area contributed by atoms with Gasteiger partial charge in [-0.05, 0) is 50.2 Å². The molecule has 0 aromatic heterocycles. The average molecular weight is 403 g/mol. The molecular formula is C19H21N3O5S. The second-order valence-electron chi connectivity index (χ2n) is 5.77. The minimum absolute atomic E-state index is 0.0101.